The van der Waals surface area contributed by atoms with Gasteiger partial charge in [0, 0.05) is 24.1 Å². The van der Waals surface area contributed by atoms with E-state index in [9.17, 15) is 26.4 Å². The molecule has 0 N–H and O–H groups in total. The predicted molar refractivity (Wildman–Crippen MR) is 94.7 cm³/mol. The molecule has 0 unspecified atom stereocenters. The van der Waals surface area contributed by atoms with Crippen molar-refractivity contribution in [3.63, 3.8) is 0 Å². The van der Waals surface area contributed by atoms with Crippen LogP contribution in [0.5, 0.6) is 11.8 Å². The highest BCUT2D eigenvalue weighted by Crippen LogP contribution is 2.29. The first-order valence-electron chi connectivity index (χ1n) is 8.62. The fraction of sp³-hybridized carbons (Fsp3) is 0.412. The SMILES string of the molecule is COc1ccc(CC(=O)c2cc(OS(=O)(=O)C(F)(F)F)nc3c2CCOCC3)nn1. The molecular weight excluding hydrogens is 431 g/mol. The standard InChI is InChI=1S/C17H16F3N3O6S/c1-27-15-3-2-10(22-23-15)8-14(24)12-9-16(29-30(25,26)17(18,19)20)21-13-5-7-28-6-4-11(12)13/h2-3,9H,4-8H2,1H3. The predicted octanol–water partition coefficient (Wildman–Crippen LogP) is 1.65. The van der Waals surface area contributed by atoms with Gasteiger partial charge in [0.05, 0.1) is 38.1 Å². The lowest BCUT2D eigenvalue weighted by Gasteiger charge is -2.14. The largest absolute Gasteiger partial charge is 0.534 e. The third-order valence-corrected chi connectivity index (χ3v) is 5.15. The van der Waals surface area contributed by atoms with Crippen molar-refractivity contribution in [3.05, 3.63) is 40.7 Å². The summed E-state index contributed by atoms with van der Waals surface area (Å²) in [7, 11) is -4.53. The Labute approximate surface area is 169 Å². The molecule has 2 aromatic rings. The monoisotopic (exact) mass is 447 g/mol. The lowest BCUT2D eigenvalue weighted by atomic mass is 9.97. The second kappa shape index (κ2) is 8.52. The van der Waals surface area contributed by atoms with E-state index in [0.29, 0.717) is 11.3 Å². The third kappa shape index (κ3) is 4.84. The molecule has 2 aromatic heterocycles. The van der Waals surface area contributed by atoms with Crippen LogP contribution in [0, 0.1) is 0 Å². The minimum Gasteiger partial charge on any atom is -0.480 e. The molecule has 0 aromatic carbocycles. The summed E-state index contributed by atoms with van der Waals surface area (Å²) in [6.45, 7) is 0.491. The second-order valence-electron chi connectivity index (χ2n) is 6.20. The number of halogens is 3. The molecule has 0 aliphatic carbocycles. The molecule has 0 saturated heterocycles. The van der Waals surface area contributed by atoms with Gasteiger partial charge in [-0.15, -0.1) is 5.10 Å². The summed E-state index contributed by atoms with van der Waals surface area (Å²) in [5.74, 6) is -1.10. The molecule has 0 spiro atoms. The van der Waals surface area contributed by atoms with E-state index in [1.54, 1.807) is 0 Å². The molecular formula is C17H16F3N3O6S. The molecule has 1 aliphatic heterocycles. The molecule has 3 heterocycles. The summed E-state index contributed by atoms with van der Waals surface area (Å²) in [4.78, 5) is 16.7. The van der Waals surface area contributed by atoms with Crippen LogP contribution in [0.2, 0.25) is 0 Å². The van der Waals surface area contributed by atoms with Crippen molar-refractivity contribution in [1.82, 2.24) is 15.2 Å². The van der Waals surface area contributed by atoms with Gasteiger partial charge in [-0.3, -0.25) is 4.79 Å². The maximum atomic E-state index is 12.9. The van der Waals surface area contributed by atoms with Gasteiger partial charge in [-0.1, -0.05) is 0 Å². The van der Waals surface area contributed by atoms with Crippen LogP contribution in [-0.2, 0) is 34.1 Å². The number of methoxy groups -OCH3 is 1. The van der Waals surface area contributed by atoms with Gasteiger partial charge in [0.1, 0.15) is 0 Å². The van der Waals surface area contributed by atoms with E-state index in [2.05, 4.69) is 19.4 Å². The molecule has 0 atom stereocenters. The van der Waals surface area contributed by atoms with Crippen molar-refractivity contribution < 1.29 is 40.0 Å². The minimum absolute atomic E-state index is 0.00417. The smallest absolute Gasteiger partial charge is 0.480 e. The summed E-state index contributed by atoms with van der Waals surface area (Å²) in [6, 6.07) is 3.91. The van der Waals surface area contributed by atoms with E-state index in [-0.39, 0.29) is 49.6 Å². The number of Topliss-reactive ketones (excluding diaryl/α,β-unsaturated/α-hetero) is 1. The van der Waals surface area contributed by atoms with Crippen molar-refractivity contribution in [2.75, 3.05) is 20.3 Å². The highest BCUT2D eigenvalue weighted by atomic mass is 32.2. The van der Waals surface area contributed by atoms with Crippen molar-refractivity contribution >= 4 is 15.9 Å². The molecule has 0 amide bonds. The van der Waals surface area contributed by atoms with Crippen LogP contribution in [0.4, 0.5) is 13.2 Å². The third-order valence-electron chi connectivity index (χ3n) is 4.19. The van der Waals surface area contributed by atoms with Crippen LogP contribution >= 0.6 is 0 Å². The molecule has 13 heteroatoms. The van der Waals surface area contributed by atoms with Crippen molar-refractivity contribution in [2.45, 2.75) is 24.8 Å². The Bertz CT molecular complexity index is 1040. The van der Waals surface area contributed by atoms with E-state index >= 15 is 0 Å². The second-order valence-corrected chi connectivity index (χ2v) is 7.73. The first kappa shape index (κ1) is 21.9. The fourth-order valence-electron chi connectivity index (χ4n) is 2.79. The van der Waals surface area contributed by atoms with Gasteiger partial charge in [-0.2, -0.15) is 26.7 Å². The van der Waals surface area contributed by atoms with Gasteiger partial charge < -0.3 is 13.7 Å². The first-order chi connectivity index (χ1) is 14.1. The summed E-state index contributed by atoms with van der Waals surface area (Å²) in [5.41, 5.74) is -4.63. The molecule has 162 valence electrons. The molecule has 30 heavy (non-hydrogen) atoms. The number of hydrogen-bond acceptors (Lipinski definition) is 9. The summed E-state index contributed by atoms with van der Waals surface area (Å²) in [6.07, 6.45) is 0.241. The number of alkyl halides is 3. The lowest BCUT2D eigenvalue weighted by molar-refractivity contribution is -0.0501. The number of pyridine rings is 1. The highest BCUT2D eigenvalue weighted by molar-refractivity contribution is 7.87. The Morgan fingerprint density at radius 3 is 2.53 bits per heavy atom. The number of carbonyl (C=O) groups excluding carboxylic acids is 1. The van der Waals surface area contributed by atoms with Gasteiger partial charge >= 0.3 is 15.6 Å². The van der Waals surface area contributed by atoms with Crippen LogP contribution in [-0.4, -0.2) is 55.2 Å². The van der Waals surface area contributed by atoms with E-state index in [1.165, 1.54) is 19.2 Å². The Morgan fingerprint density at radius 2 is 1.90 bits per heavy atom. The Kier molecular flexibility index (Phi) is 6.22. The van der Waals surface area contributed by atoms with Crippen LogP contribution in [0.15, 0.2) is 18.2 Å². The van der Waals surface area contributed by atoms with Crippen molar-refractivity contribution in [2.24, 2.45) is 0 Å². The van der Waals surface area contributed by atoms with Crippen LogP contribution in [0.3, 0.4) is 0 Å². The van der Waals surface area contributed by atoms with Crippen LogP contribution < -0.4 is 8.92 Å². The Morgan fingerprint density at radius 1 is 1.17 bits per heavy atom. The van der Waals surface area contributed by atoms with Crippen molar-refractivity contribution in [1.29, 1.82) is 0 Å². The van der Waals surface area contributed by atoms with Crippen LogP contribution in [0.25, 0.3) is 0 Å². The Hall–Kier alpha value is -2.80. The van der Waals surface area contributed by atoms with Gasteiger partial charge in [-0.05, 0) is 18.1 Å². The molecule has 1 aliphatic rings. The number of nitrogens with zero attached hydrogens (tertiary/aromatic N) is 3. The molecule has 0 bridgehead atoms. The molecule has 0 fully saturated rings. The maximum absolute atomic E-state index is 12.9. The quantitative estimate of drug-likeness (QED) is 0.370. The highest BCUT2D eigenvalue weighted by Gasteiger charge is 2.49. The zero-order valence-corrected chi connectivity index (χ0v) is 16.4. The Balaban J connectivity index is 1.97. The van der Waals surface area contributed by atoms with E-state index < -0.39 is 27.3 Å². The molecule has 0 radical (unpaired) electrons. The normalized spacial score (nSPS) is 14.5. The number of fused-ring (bicyclic) bond motifs is 1. The van der Waals surface area contributed by atoms with E-state index in [0.717, 1.165) is 6.07 Å². The lowest BCUT2D eigenvalue weighted by Crippen LogP contribution is -2.28. The average molecular weight is 447 g/mol. The van der Waals surface area contributed by atoms with Crippen molar-refractivity contribution in [3.8, 4) is 11.8 Å². The fourth-order valence-corrected chi connectivity index (χ4v) is 3.20. The van der Waals surface area contributed by atoms with E-state index in [1.807, 2.05) is 0 Å². The first-order valence-corrected chi connectivity index (χ1v) is 10.0. The summed E-state index contributed by atoms with van der Waals surface area (Å²) >= 11 is 0. The van der Waals surface area contributed by atoms with E-state index in [4.69, 9.17) is 9.47 Å². The summed E-state index contributed by atoms with van der Waals surface area (Å²) in [5, 5.41) is 7.60. The van der Waals surface area contributed by atoms with Crippen LogP contribution in [0.1, 0.15) is 27.3 Å². The molecule has 3 rings (SSSR count). The number of carbonyl (C=O) groups is 1. The topological polar surface area (TPSA) is 118 Å². The zero-order valence-electron chi connectivity index (χ0n) is 15.6. The zero-order chi connectivity index (χ0) is 21.9. The number of ketones is 1. The molecule has 0 saturated carbocycles. The maximum Gasteiger partial charge on any atom is 0.534 e. The number of hydrogen-bond donors (Lipinski definition) is 0. The average Bonchev–Trinajstić information content (AvgIpc) is 2.92. The summed E-state index contributed by atoms with van der Waals surface area (Å²) < 4.78 is 75.1. The minimum atomic E-state index is -5.94. The number of rotatable bonds is 6. The van der Waals surface area contributed by atoms with Gasteiger partial charge in [0.2, 0.25) is 11.8 Å². The van der Waals surface area contributed by atoms with Gasteiger partial charge in [0.15, 0.2) is 5.78 Å². The van der Waals surface area contributed by atoms with Gasteiger partial charge in [-0.25, -0.2) is 4.98 Å². The number of aromatic nitrogens is 3. The van der Waals surface area contributed by atoms with Gasteiger partial charge in [0.25, 0.3) is 0 Å². The molecule has 9 nitrogen and oxygen atoms in total. The number of ether oxygens (including phenoxy) is 2.